The van der Waals surface area contributed by atoms with Crippen LogP contribution in [0.25, 0.3) is 0 Å². The number of aromatic nitrogens is 3. The average Bonchev–Trinajstić information content (AvgIpc) is 3.06. The Hall–Kier alpha value is -2.41. The van der Waals surface area contributed by atoms with Crippen molar-refractivity contribution in [2.24, 2.45) is 0 Å². The third-order valence-electron chi connectivity index (χ3n) is 4.00. The zero-order chi connectivity index (χ0) is 16.1. The van der Waals surface area contributed by atoms with E-state index in [2.05, 4.69) is 25.8 Å². The number of hydrogen-bond acceptors (Lipinski definition) is 5. The molecule has 3 rings (SSSR count). The molecule has 1 aromatic heterocycles. The summed E-state index contributed by atoms with van der Waals surface area (Å²) in [6, 6.07) is 10.3. The van der Waals surface area contributed by atoms with Gasteiger partial charge < -0.3 is 15.4 Å². The van der Waals surface area contributed by atoms with Crippen molar-refractivity contribution in [3.8, 4) is 0 Å². The lowest BCUT2D eigenvalue weighted by Gasteiger charge is -2.37. The Morgan fingerprint density at radius 2 is 2.13 bits per heavy atom. The molecule has 0 radical (unpaired) electrons. The maximum Gasteiger partial charge on any atom is 0.407 e. The van der Waals surface area contributed by atoms with Crippen molar-refractivity contribution in [2.45, 2.75) is 44.5 Å². The number of aromatic amines is 1. The molecule has 3 N–H and O–H groups in total. The Balaban J connectivity index is 1.33. The van der Waals surface area contributed by atoms with Crippen molar-refractivity contribution in [3.63, 3.8) is 0 Å². The fourth-order valence-electron chi connectivity index (χ4n) is 2.66. The molecule has 1 fully saturated rings. The van der Waals surface area contributed by atoms with Crippen LogP contribution in [-0.2, 0) is 11.3 Å². The molecular formula is C16H21N5O2. The van der Waals surface area contributed by atoms with Crippen molar-refractivity contribution >= 4 is 6.09 Å². The normalized spacial score (nSPS) is 21.3. The van der Waals surface area contributed by atoms with Gasteiger partial charge in [0, 0.05) is 12.1 Å². The largest absolute Gasteiger partial charge is 0.445 e. The fourth-order valence-corrected chi connectivity index (χ4v) is 2.66. The molecule has 23 heavy (non-hydrogen) atoms. The minimum atomic E-state index is -0.361. The smallest absolute Gasteiger partial charge is 0.407 e. The number of ether oxygens (including phenoxy) is 1. The van der Waals surface area contributed by atoms with E-state index in [1.165, 1.54) is 6.33 Å². The minimum Gasteiger partial charge on any atom is -0.445 e. The molecule has 0 saturated heterocycles. The number of nitrogens with one attached hydrogen (secondary N) is 3. The molecule has 1 aliphatic rings. The fraction of sp³-hybridized carbons (Fsp3) is 0.438. The number of nitrogens with zero attached hydrogens (tertiary/aromatic N) is 2. The molecule has 1 amide bonds. The van der Waals surface area contributed by atoms with Crippen LogP contribution in [0.2, 0.25) is 0 Å². The first-order valence-corrected chi connectivity index (χ1v) is 7.79. The summed E-state index contributed by atoms with van der Waals surface area (Å²) in [6.45, 7) is 2.33. The van der Waals surface area contributed by atoms with Crippen molar-refractivity contribution in [3.05, 3.63) is 48.0 Å². The number of H-pyrrole nitrogens is 1. The maximum absolute atomic E-state index is 11.8. The van der Waals surface area contributed by atoms with Crippen LogP contribution in [0.4, 0.5) is 4.79 Å². The van der Waals surface area contributed by atoms with Gasteiger partial charge in [-0.2, -0.15) is 5.10 Å². The summed E-state index contributed by atoms with van der Waals surface area (Å²) in [5, 5.41) is 13.0. The summed E-state index contributed by atoms with van der Waals surface area (Å²) in [7, 11) is 0. The molecular weight excluding hydrogens is 294 g/mol. The summed E-state index contributed by atoms with van der Waals surface area (Å²) in [4.78, 5) is 15.9. The van der Waals surface area contributed by atoms with E-state index in [9.17, 15) is 4.79 Å². The van der Waals surface area contributed by atoms with Crippen molar-refractivity contribution in [1.29, 1.82) is 0 Å². The summed E-state index contributed by atoms with van der Waals surface area (Å²) in [5.41, 5.74) is 0.983. The standard InChI is InChI=1S/C16H21N5O2/c1-11(15-17-10-18-21-15)19-13-7-14(8-13)20-16(22)23-9-12-5-3-2-4-6-12/h2-6,10-11,13-14,19H,7-9H2,1H3,(H,20,22)(H,17,18,21). The maximum atomic E-state index is 11.8. The minimum absolute atomic E-state index is 0.119. The van der Waals surface area contributed by atoms with E-state index in [4.69, 9.17) is 4.74 Å². The molecule has 1 aliphatic carbocycles. The number of carbonyl (C=O) groups excluding carboxylic acids is 1. The van der Waals surface area contributed by atoms with Gasteiger partial charge in [-0.3, -0.25) is 5.10 Å². The van der Waals surface area contributed by atoms with E-state index < -0.39 is 0 Å². The first kappa shape index (κ1) is 15.5. The second-order valence-corrected chi connectivity index (χ2v) is 5.83. The van der Waals surface area contributed by atoms with Gasteiger partial charge in [0.1, 0.15) is 18.8 Å². The van der Waals surface area contributed by atoms with E-state index >= 15 is 0 Å². The van der Waals surface area contributed by atoms with Gasteiger partial charge >= 0.3 is 6.09 Å². The van der Waals surface area contributed by atoms with Gasteiger partial charge in [-0.1, -0.05) is 30.3 Å². The molecule has 122 valence electrons. The van der Waals surface area contributed by atoms with E-state index in [1.54, 1.807) is 0 Å². The predicted molar refractivity (Wildman–Crippen MR) is 84.5 cm³/mol. The van der Waals surface area contributed by atoms with Gasteiger partial charge in [0.05, 0.1) is 6.04 Å². The highest BCUT2D eigenvalue weighted by Crippen LogP contribution is 2.22. The van der Waals surface area contributed by atoms with Crippen LogP contribution in [0.15, 0.2) is 36.7 Å². The Kier molecular flexibility index (Phi) is 4.87. The van der Waals surface area contributed by atoms with Crippen LogP contribution in [0, 0.1) is 0 Å². The van der Waals surface area contributed by atoms with E-state index in [0.29, 0.717) is 12.6 Å². The van der Waals surface area contributed by atoms with Crippen LogP contribution in [0.1, 0.15) is 37.2 Å². The van der Waals surface area contributed by atoms with E-state index in [1.807, 2.05) is 37.3 Å². The molecule has 1 aromatic carbocycles. The second kappa shape index (κ2) is 7.23. The summed E-state index contributed by atoms with van der Waals surface area (Å²) >= 11 is 0. The number of rotatable bonds is 6. The highest BCUT2D eigenvalue weighted by molar-refractivity contribution is 5.67. The molecule has 1 heterocycles. The number of amides is 1. The van der Waals surface area contributed by atoms with Gasteiger partial charge in [0.15, 0.2) is 0 Å². The Morgan fingerprint density at radius 1 is 1.35 bits per heavy atom. The monoisotopic (exact) mass is 315 g/mol. The number of hydrogen-bond donors (Lipinski definition) is 3. The number of benzene rings is 1. The van der Waals surface area contributed by atoms with E-state index in [-0.39, 0.29) is 18.2 Å². The van der Waals surface area contributed by atoms with Gasteiger partial charge in [0.2, 0.25) is 0 Å². The Bertz CT molecular complexity index is 611. The molecule has 7 heteroatoms. The van der Waals surface area contributed by atoms with Crippen LogP contribution >= 0.6 is 0 Å². The van der Waals surface area contributed by atoms with Crippen LogP contribution in [-0.4, -0.2) is 33.4 Å². The third-order valence-corrected chi connectivity index (χ3v) is 4.00. The Labute approximate surface area is 134 Å². The number of alkyl carbamates (subject to hydrolysis) is 1. The second-order valence-electron chi connectivity index (χ2n) is 5.83. The quantitative estimate of drug-likeness (QED) is 0.757. The first-order valence-electron chi connectivity index (χ1n) is 7.79. The van der Waals surface area contributed by atoms with Crippen LogP contribution < -0.4 is 10.6 Å². The van der Waals surface area contributed by atoms with Gasteiger partial charge in [0.25, 0.3) is 0 Å². The molecule has 2 aromatic rings. The molecule has 0 aliphatic heterocycles. The first-order chi connectivity index (χ1) is 11.2. The molecule has 1 saturated carbocycles. The molecule has 7 nitrogen and oxygen atoms in total. The Morgan fingerprint density at radius 3 is 2.83 bits per heavy atom. The summed E-state index contributed by atoms with van der Waals surface area (Å²) in [5.74, 6) is 0.823. The summed E-state index contributed by atoms with van der Waals surface area (Å²) in [6.07, 6.45) is 2.92. The molecule has 0 spiro atoms. The average molecular weight is 315 g/mol. The van der Waals surface area contributed by atoms with Crippen LogP contribution in [0.5, 0.6) is 0 Å². The lowest BCUT2D eigenvalue weighted by molar-refractivity contribution is 0.124. The highest BCUT2D eigenvalue weighted by atomic mass is 16.5. The molecule has 0 bridgehead atoms. The topological polar surface area (TPSA) is 91.9 Å². The summed E-state index contributed by atoms with van der Waals surface area (Å²) < 4.78 is 5.22. The number of carbonyl (C=O) groups is 1. The lowest BCUT2D eigenvalue weighted by Crippen LogP contribution is -2.53. The zero-order valence-electron chi connectivity index (χ0n) is 13.0. The van der Waals surface area contributed by atoms with Crippen molar-refractivity contribution < 1.29 is 9.53 Å². The SMILES string of the molecule is CC(NC1CC(NC(=O)OCc2ccccc2)C1)c1ncn[nH]1. The van der Waals surface area contributed by atoms with Gasteiger partial charge in [-0.15, -0.1) is 0 Å². The van der Waals surface area contributed by atoms with Gasteiger partial charge in [-0.25, -0.2) is 9.78 Å². The van der Waals surface area contributed by atoms with Crippen molar-refractivity contribution in [2.75, 3.05) is 0 Å². The zero-order valence-corrected chi connectivity index (χ0v) is 13.0. The van der Waals surface area contributed by atoms with E-state index in [0.717, 1.165) is 24.2 Å². The van der Waals surface area contributed by atoms with Gasteiger partial charge in [-0.05, 0) is 25.3 Å². The van der Waals surface area contributed by atoms with Crippen molar-refractivity contribution in [1.82, 2.24) is 25.8 Å². The third kappa shape index (κ3) is 4.29. The highest BCUT2D eigenvalue weighted by Gasteiger charge is 2.31. The van der Waals surface area contributed by atoms with Crippen LogP contribution in [0.3, 0.4) is 0 Å². The molecule has 1 atom stereocenters. The predicted octanol–water partition coefficient (Wildman–Crippen LogP) is 1.91. The molecule has 1 unspecified atom stereocenters. The lowest BCUT2D eigenvalue weighted by atomic mass is 9.86.